The van der Waals surface area contributed by atoms with Crippen LogP contribution in [-0.4, -0.2) is 47.8 Å². The van der Waals surface area contributed by atoms with Crippen LogP contribution in [0.15, 0.2) is 0 Å². The summed E-state index contributed by atoms with van der Waals surface area (Å²) in [4.78, 5) is 0. The van der Waals surface area contributed by atoms with Gasteiger partial charge in [-0.2, -0.15) is 5.10 Å². The molecule has 6 heteroatoms. The smallest absolute Gasteiger partial charge is 0.0847 e. The van der Waals surface area contributed by atoms with Crippen LogP contribution < -0.4 is 5.32 Å². The molecular formula is C11H20ClN3O2. The average Bonchev–Trinajstić information content (AvgIpc) is 2.52. The molecule has 1 atom stereocenters. The van der Waals surface area contributed by atoms with E-state index in [0.29, 0.717) is 24.6 Å². The number of nitrogens with zero attached hydrogens (tertiary/aromatic N) is 2. The zero-order valence-corrected chi connectivity index (χ0v) is 11.3. The highest BCUT2D eigenvalue weighted by Gasteiger charge is 2.14. The van der Waals surface area contributed by atoms with E-state index in [1.165, 1.54) is 0 Å². The maximum absolute atomic E-state index is 9.86. The summed E-state index contributed by atoms with van der Waals surface area (Å²) < 4.78 is 6.62. The molecule has 0 aliphatic rings. The molecule has 1 rings (SSSR count). The molecule has 0 saturated carbocycles. The zero-order valence-electron chi connectivity index (χ0n) is 10.5. The molecular weight excluding hydrogens is 242 g/mol. The second-order valence-electron chi connectivity index (χ2n) is 4.02. The van der Waals surface area contributed by atoms with Gasteiger partial charge in [-0.3, -0.25) is 4.68 Å². The molecule has 1 heterocycles. The van der Waals surface area contributed by atoms with E-state index in [1.807, 2.05) is 14.0 Å². The van der Waals surface area contributed by atoms with Crippen molar-refractivity contribution < 1.29 is 9.84 Å². The van der Waals surface area contributed by atoms with Crippen molar-refractivity contribution >= 4 is 11.6 Å². The third kappa shape index (κ3) is 4.27. The van der Waals surface area contributed by atoms with Crippen LogP contribution in [0.4, 0.5) is 0 Å². The maximum Gasteiger partial charge on any atom is 0.0847 e. The molecule has 1 aromatic heterocycles. The molecule has 0 aliphatic carbocycles. The van der Waals surface area contributed by atoms with E-state index in [0.717, 1.165) is 17.9 Å². The topological polar surface area (TPSA) is 59.3 Å². The molecule has 0 amide bonds. The molecule has 0 radical (unpaired) electrons. The van der Waals surface area contributed by atoms with Crippen molar-refractivity contribution in [3.63, 3.8) is 0 Å². The Morgan fingerprint density at radius 2 is 2.29 bits per heavy atom. The lowest BCUT2D eigenvalue weighted by Gasteiger charge is -2.12. The Hall–Kier alpha value is -0.620. The molecule has 1 aromatic rings. The first-order chi connectivity index (χ1) is 8.06. The minimum absolute atomic E-state index is 0.473. The van der Waals surface area contributed by atoms with Crippen molar-refractivity contribution in [2.75, 3.05) is 26.8 Å². The Morgan fingerprint density at radius 1 is 1.59 bits per heavy atom. The molecule has 1 unspecified atom stereocenters. The fourth-order valence-corrected chi connectivity index (χ4v) is 1.88. The summed E-state index contributed by atoms with van der Waals surface area (Å²) in [6, 6.07) is 0. The van der Waals surface area contributed by atoms with E-state index in [9.17, 15) is 5.11 Å². The van der Waals surface area contributed by atoms with E-state index in [2.05, 4.69) is 10.4 Å². The van der Waals surface area contributed by atoms with Crippen molar-refractivity contribution in [2.24, 2.45) is 7.05 Å². The van der Waals surface area contributed by atoms with Crippen LogP contribution in [0.5, 0.6) is 0 Å². The molecule has 0 saturated heterocycles. The summed E-state index contributed by atoms with van der Waals surface area (Å²) in [6.45, 7) is 3.74. The van der Waals surface area contributed by atoms with E-state index < -0.39 is 6.10 Å². The van der Waals surface area contributed by atoms with Gasteiger partial charge in [0.25, 0.3) is 0 Å². The van der Waals surface area contributed by atoms with Crippen LogP contribution in [0.2, 0.25) is 5.02 Å². The highest BCUT2D eigenvalue weighted by molar-refractivity contribution is 6.31. The molecule has 0 aromatic carbocycles. The van der Waals surface area contributed by atoms with Gasteiger partial charge in [-0.15, -0.1) is 0 Å². The average molecular weight is 262 g/mol. The third-order valence-electron chi connectivity index (χ3n) is 2.55. The van der Waals surface area contributed by atoms with Crippen molar-refractivity contribution in [3.8, 4) is 0 Å². The predicted molar refractivity (Wildman–Crippen MR) is 67.4 cm³/mol. The number of nitrogens with one attached hydrogen (secondary N) is 1. The standard InChI is InChI=1S/C11H20ClN3O2/c1-8-11(12)10(15(2)14-8)6-9(16)7-13-4-5-17-3/h9,13,16H,4-7H2,1-3H3. The Labute approximate surface area is 107 Å². The van der Waals surface area contributed by atoms with Crippen molar-refractivity contribution in [1.29, 1.82) is 0 Å². The van der Waals surface area contributed by atoms with Gasteiger partial charge in [-0.1, -0.05) is 11.6 Å². The van der Waals surface area contributed by atoms with Crippen LogP contribution in [-0.2, 0) is 18.2 Å². The van der Waals surface area contributed by atoms with Crippen LogP contribution in [0.3, 0.4) is 0 Å². The fraction of sp³-hybridized carbons (Fsp3) is 0.727. The Balaban J connectivity index is 2.42. The lowest BCUT2D eigenvalue weighted by Crippen LogP contribution is -2.31. The van der Waals surface area contributed by atoms with Gasteiger partial charge < -0.3 is 15.2 Å². The van der Waals surface area contributed by atoms with Gasteiger partial charge in [0.2, 0.25) is 0 Å². The summed E-state index contributed by atoms with van der Waals surface area (Å²) in [5, 5.41) is 17.8. The molecule has 2 N–H and O–H groups in total. The number of rotatable bonds is 7. The lowest BCUT2D eigenvalue weighted by molar-refractivity contribution is 0.158. The summed E-state index contributed by atoms with van der Waals surface area (Å²) in [7, 11) is 3.48. The van der Waals surface area contributed by atoms with Gasteiger partial charge >= 0.3 is 0 Å². The van der Waals surface area contributed by atoms with Gasteiger partial charge in [0.1, 0.15) is 0 Å². The first-order valence-electron chi connectivity index (χ1n) is 5.62. The summed E-state index contributed by atoms with van der Waals surface area (Å²) in [5.74, 6) is 0. The number of hydrogen-bond acceptors (Lipinski definition) is 4. The lowest BCUT2D eigenvalue weighted by atomic mass is 10.2. The van der Waals surface area contributed by atoms with E-state index in [1.54, 1.807) is 11.8 Å². The SMILES string of the molecule is COCCNCC(O)Cc1c(Cl)c(C)nn1C. The van der Waals surface area contributed by atoms with Crippen LogP contribution in [0.1, 0.15) is 11.4 Å². The number of aromatic nitrogens is 2. The van der Waals surface area contributed by atoms with E-state index in [4.69, 9.17) is 16.3 Å². The van der Waals surface area contributed by atoms with Gasteiger partial charge in [0.15, 0.2) is 0 Å². The predicted octanol–water partition coefficient (Wildman–Crippen LogP) is 0.521. The van der Waals surface area contributed by atoms with Gasteiger partial charge in [0.05, 0.1) is 29.1 Å². The molecule has 0 fully saturated rings. The number of halogens is 1. The monoisotopic (exact) mass is 261 g/mol. The number of aliphatic hydroxyl groups is 1. The fourth-order valence-electron chi connectivity index (χ4n) is 1.64. The minimum Gasteiger partial charge on any atom is -0.391 e. The largest absolute Gasteiger partial charge is 0.391 e. The molecule has 17 heavy (non-hydrogen) atoms. The Bertz CT molecular complexity index is 355. The first kappa shape index (κ1) is 14.4. The number of aryl methyl sites for hydroxylation is 2. The zero-order chi connectivity index (χ0) is 12.8. The first-order valence-corrected chi connectivity index (χ1v) is 5.99. The Morgan fingerprint density at radius 3 is 2.82 bits per heavy atom. The highest BCUT2D eigenvalue weighted by atomic mass is 35.5. The van der Waals surface area contributed by atoms with Crippen LogP contribution in [0, 0.1) is 6.92 Å². The number of hydrogen-bond donors (Lipinski definition) is 2. The van der Waals surface area contributed by atoms with E-state index >= 15 is 0 Å². The Kier molecular flexibility index (Phi) is 5.91. The third-order valence-corrected chi connectivity index (χ3v) is 3.05. The summed E-state index contributed by atoms with van der Waals surface area (Å²) in [5.41, 5.74) is 1.66. The summed E-state index contributed by atoms with van der Waals surface area (Å²) in [6.07, 6.45) is 0.0232. The van der Waals surface area contributed by atoms with Crippen LogP contribution in [0.25, 0.3) is 0 Å². The quantitative estimate of drug-likeness (QED) is 0.703. The van der Waals surface area contributed by atoms with Crippen molar-refractivity contribution in [1.82, 2.24) is 15.1 Å². The van der Waals surface area contributed by atoms with Gasteiger partial charge in [-0.05, 0) is 6.92 Å². The van der Waals surface area contributed by atoms with Crippen molar-refractivity contribution in [3.05, 3.63) is 16.4 Å². The van der Waals surface area contributed by atoms with Crippen molar-refractivity contribution in [2.45, 2.75) is 19.4 Å². The molecule has 0 bridgehead atoms. The molecule has 98 valence electrons. The number of ether oxygens (including phenoxy) is 1. The summed E-state index contributed by atoms with van der Waals surface area (Å²) >= 11 is 6.11. The second-order valence-corrected chi connectivity index (χ2v) is 4.40. The highest BCUT2D eigenvalue weighted by Crippen LogP contribution is 2.20. The molecule has 5 nitrogen and oxygen atoms in total. The number of methoxy groups -OCH3 is 1. The van der Waals surface area contributed by atoms with Gasteiger partial charge in [-0.25, -0.2) is 0 Å². The molecule has 0 spiro atoms. The maximum atomic E-state index is 9.86. The molecule has 0 aliphatic heterocycles. The van der Waals surface area contributed by atoms with E-state index in [-0.39, 0.29) is 0 Å². The normalized spacial score (nSPS) is 13.0. The number of aliphatic hydroxyl groups excluding tert-OH is 1. The van der Waals surface area contributed by atoms with Crippen LogP contribution >= 0.6 is 11.6 Å². The second kappa shape index (κ2) is 6.96. The van der Waals surface area contributed by atoms with Gasteiger partial charge in [0, 0.05) is 33.7 Å². The minimum atomic E-state index is -0.473.